The molecule has 4 rings (SSSR count). The third-order valence-electron chi connectivity index (χ3n) is 4.88. The fourth-order valence-electron chi connectivity index (χ4n) is 3.33. The van der Waals surface area contributed by atoms with E-state index in [1.54, 1.807) is 6.07 Å². The van der Waals surface area contributed by atoms with Crippen molar-refractivity contribution in [2.45, 2.75) is 37.5 Å². The molecule has 0 bridgehead atoms. The number of aliphatic hydroxyl groups excluding tert-OH is 1. The number of ether oxygens (including phenoxy) is 1. The van der Waals surface area contributed by atoms with Crippen molar-refractivity contribution in [2.24, 2.45) is 5.16 Å². The summed E-state index contributed by atoms with van der Waals surface area (Å²) in [5, 5.41) is 34.4. The number of hydrogen-bond acceptors (Lipinski definition) is 8. The summed E-state index contributed by atoms with van der Waals surface area (Å²) in [5.74, 6) is -0.729. The summed E-state index contributed by atoms with van der Waals surface area (Å²) in [6.45, 7) is -0.560. The highest BCUT2D eigenvalue weighted by Crippen LogP contribution is 2.34. The van der Waals surface area contributed by atoms with Gasteiger partial charge in [0.15, 0.2) is 0 Å². The predicted octanol–water partition coefficient (Wildman–Crippen LogP) is 0.250. The Morgan fingerprint density at radius 2 is 2.18 bits per heavy atom. The molecule has 28 heavy (non-hydrogen) atoms. The second-order valence-corrected chi connectivity index (χ2v) is 6.74. The first-order chi connectivity index (χ1) is 13.6. The number of carbonyl (C=O) groups excluding carboxylic acids is 1. The lowest BCUT2D eigenvalue weighted by molar-refractivity contribution is -0.125. The van der Waals surface area contributed by atoms with Gasteiger partial charge in [-0.3, -0.25) is 4.79 Å². The van der Waals surface area contributed by atoms with Crippen molar-refractivity contribution >= 4 is 11.7 Å². The maximum Gasteiger partial charge on any atom is 0.287 e. The minimum Gasteiger partial charge on any atom is -0.470 e. The lowest BCUT2D eigenvalue weighted by Gasteiger charge is -2.35. The molecule has 0 radical (unpaired) electrons. The second-order valence-electron chi connectivity index (χ2n) is 6.74. The number of halogens is 1. The summed E-state index contributed by atoms with van der Waals surface area (Å²) < 4.78 is 23.8. The number of nitrogens with one attached hydrogen (secondary N) is 2. The van der Waals surface area contributed by atoms with Crippen LogP contribution in [0.3, 0.4) is 0 Å². The van der Waals surface area contributed by atoms with Gasteiger partial charge in [-0.25, -0.2) is 9.02 Å². The summed E-state index contributed by atoms with van der Waals surface area (Å²) in [4.78, 5) is 11.2. The third-order valence-corrected chi connectivity index (χ3v) is 4.88. The van der Waals surface area contributed by atoms with Gasteiger partial charge in [-0.2, -0.15) is 0 Å². The van der Waals surface area contributed by atoms with E-state index >= 15 is 0 Å². The molecule has 2 aromatic rings. The molecule has 148 valence electrons. The van der Waals surface area contributed by atoms with E-state index in [1.807, 2.05) is 0 Å². The van der Waals surface area contributed by atoms with Crippen LogP contribution in [0.1, 0.15) is 35.7 Å². The minimum absolute atomic E-state index is 0.000572. The monoisotopic (exact) mass is 391 g/mol. The van der Waals surface area contributed by atoms with Crippen molar-refractivity contribution in [1.82, 2.24) is 20.9 Å². The highest BCUT2D eigenvalue weighted by Gasteiger charge is 2.35. The van der Waals surface area contributed by atoms with Gasteiger partial charge in [-0.05, 0) is 40.0 Å². The minimum atomic E-state index is -0.560. The Bertz CT molecular complexity index is 911. The number of amides is 1. The van der Waals surface area contributed by atoms with Crippen LogP contribution >= 0.6 is 0 Å². The van der Waals surface area contributed by atoms with Crippen molar-refractivity contribution in [3.05, 3.63) is 40.8 Å². The zero-order valence-electron chi connectivity index (χ0n) is 14.6. The summed E-state index contributed by atoms with van der Waals surface area (Å²) >= 11 is 0. The van der Waals surface area contributed by atoms with Gasteiger partial charge in [-0.15, -0.1) is 0 Å². The smallest absolute Gasteiger partial charge is 0.287 e. The molecule has 0 saturated heterocycles. The largest absolute Gasteiger partial charge is 0.470 e. The van der Waals surface area contributed by atoms with E-state index in [4.69, 9.17) is 14.5 Å². The Labute approximate surface area is 158 Å². The molecule has 0 unspecified atom stereocenters. The fraction of sp³-hybridized carbons (Fsp3) is 0.412. The SMILES string of the molecule is O=C(CO)N[C@H]1C[C@H](Oc2nonc2/C(=N/O)N[C@H]2Cc3ccc(F)cc32)C1. The van der Waals surface area contributed by atoms with Crippen molar-refractivity contribution in [1.29, 1.82) is 0 Å². The van der Waals surface area contributed by atoms with Crippen LogP contribution in [-0.4, -0.2) is 51.1 Å². The van der Waals surface area contributed by atoms with Crippen LogP contribution in [0.2, 0.25) is 0 Å². The van der Waals surface area contributed by atoms with E-state index < -0.39 is 12.5 Å². The van der Waals surface area contributed by atoms with Crippen molar-refractivity contribution in [3.8, 4) is 5.88 Å². The number of benzene rings is 1. The van der Waals surface area contributed by atoms with Crippen molar-refractivity contribution in [3.63, 3.8) is 0 Å². The summed E-state index contributed by atoms with van der Waals surface area (Å²) in [6.07, 6.45) is 1.48. The first kappa shape index (κ1) is 18.2. The Kier molecular flexibility index (Phi) is 4.82. The molecule has 2 aliphatic rings. The van der Waals surface area contributed by atoms with E-state index in [0.717, 1.165) is 11.1 Å². The zero-order valence-corrected chi connectivity index (χ0v) is 14.6. The molecule has 1 fully saturated rings. The molecule has 1 heterocycles. The van der Waals surface area contributed by atoms with Crippen LogP contribution in [0.25, 0.3) is 0 Å². The molecule has 0 spiro atoms. The molecule has 1 atom stereocenters. The molecule has 4 N–H and O–H groups in total. The Hall–Kier alpha value is -3.21. The lowest BCUT2D eigenvalue weighted by atomic mass is 9.83. The predicted molar refractivity (Wildman–Crippen MR) is 91.3 cm³/mol. The first-order valence-corrected chi connectivity index (χ1v) is 8.74. The molecular weight excluding hydrogens is 373 g/mol. The number of aliphatic hydroxyl groups is 1. The maximum absolute atomic E-state index is 13.4. The van der Waals surface area contributed by atoms with Crippen molar-refractivity contribution < 1.29 is 28.9 Å². The molecular formula is C17H18FN5O5. The van der Waals surface area contributed by atoms with Crippen LogP contribution in [0.15, 0.2) is 28.0 Å². The van der Waals surface area contributed by atoms with Gasteiger partial charge in [-0.1, -0.05) is 11.2 Å². The van der Waals surface area contributed by atoms with Gasteiger partial charge < -0.3 is 25.7 Å². The fourth-order valence-corrected chi connectivity index (χ4v) is 3.33. The quantitative estimate of drug-likeness (QED) is 0.238. The average molecular weight is 391 g/mol. The van der Waals surface area contributed by atoms with Crippen molar-refractivity contribution in [2.75, 3.05) is 6.61 Å². The standard InChI is InChI=1S/C17H18FN5O5/c18-9-2-1-8-3-13(12(8)4-9)20-16(21-26)15-17(23-28-22-15)27-11-5-10(6-11)19-14(25)7-24/h1-2,4,10-11,13,24,26H,3,5-7H2,(H,19,25)(H,20,21)/t10-,11-,13-/m0/s1. The van der Waals surface area contributed by atoms with Gasteiger partial charge in [0.1, 0.15) is 18.5 Å². The Balaban J connectivity index is 1.37. The number of fused-ring (bicyclic) bond motifs is 1. The third kappa shape index (κ3) is 3.48. The number of carbonyl (C=O) groups is 1. The molecule has 10 nitrogen and oxygen atoms in total. The highest BCUT2D eigenvalue weighted by molar-refractivity contribution is 5.98. The number of rotatable bonds is 6. The van der Waals surface area contributed by atoms with Crippen LogP contribution in [-0.2, 0) is 11.2 Å². The van der Waals surface area contributed by atoms with Gasteiger partial charge in [0, 0.05) is 18.9 Å². The number of aromatic nitrogens is 2. The number of amidine groups is 1. The summed E-state index contributed by atoms with van der Waals surface area (Å²) in [7, 11) is 0. The topological polar surface area (TPSA) is 142 Å². The first-order valence-electron chi connectivity index (χ1n) is 8.74. The van der Waals surface area contributed by atoms with Crippen LogP contribution in [0, 0.1) is 5.82 Å². The van der Waals surface area contributed by atoms with Crippen LogP contribution in [0.5, 0.6) is 5.88 Å². The van der Waals surface area contributed by atoms with E-state index in [2.05, 4.69) is 26.1 Å². The van der Waals surface area contributed by atoms with E-state index in [9.17, 15) is 14.4 Å². The van der Waals surface area contributed by atoms with Gasteiger partial charge >= 0.3 is 0 Å². The van der Waals surface area contributed by atoms with Crippen LogP contribution < -0.4 is 15.4 Å². The molecule has 1 aromatic heterocycles. The number of nitrogens with zero attached hydrogens (tertiary/aromatic N) is 3. The average Bonchev–Trinajstić information content (AvgIpc) is 3.10. The van der Waals surface area contributed by atoms with E-state index in [1.165, 1.54) is 12.1 Å². The molecule has 1 aromatic carbocycles. The summed E-state index contributed by atoms with van der Waals surface area (Å²) in [5.41, 5.74) is 1.88. The molecule has 0 aliphatic heterocycles. The Morgan fingerprint density at radius 3 is 2.93 bits per heavy atom. The zero-order chi connectivity index (χ0) is 19.7. The van der Waals surface area contributed by atoms with Gasteiger partial charge in [0.2, 0.25) is 17.4 Å². The molecule has 2 aliphatic carbocycles. The summed E-state index contributed by atoms with van der Waals surface area (Å²) in [6, 6.07) is 4.23. The normalized spacial score (nSPS) is 23.2. The van der Waals surface area contributed by atoms with Gasteiger partial charge in [0.05, 0.1) is 6.04 Å². The lowest BCUT2D eigenvalue weighted by Crippen LogP contribution is -2.49. The van der Waals surface area contributed by atoms with E-state index in [0.29, 0.717) is 19.3 Å². The molecule has 1 saturated carbocycles. The molecule has 1 amide bonds. The second kappa shape index (κ2) is 7.43. The van der Waals surface area contributed by atoms with Crippen LogP contribution in [0.4, 0.5) is 4.39 Å². The van der Waals surface area contributed by atoms with Gasteiger partial charge in [0.25, 0.3) is 5.88 Å². The molecule has 11 heteroatoms. The number of hydrogen-bond donors (Lipinski definition) is 4. The highest BCUT2D eigenvalue weighted by atomic mass is 19.1. The Morgan fingerprint density at radius 1 is 1.36 bits per heavy atom. The maximum atomic E-state index is 13.4. The van der Waals surface area contributed by atoms with E-state index in [-0.39, 0.29) is 41.4 Å². The number of oxime groups is 1.